The summed E-state index contributed by atoms with van der Waals surface area (Å²) in [6.45, 7) is 7.31. The number of amidine groups is 1. The molecule has 9 nitrogen and oxygen atoms in total. The maximum Gasteiger partial charge on any atom is 0.301 e. The lowest BCUT2D eigenvalue weighted by atomic mass is 9.84. The van der Waals surface area contributed by atoms with Crippen molar-refractivity contribution < 1.29 is 9.50 Å². The van der Waals surface area contributed by atoms with Crippen LogP contribution in [-0.2, 0) is 10.2 Å². The third kappa shape index (κ3) is 2.95. The summed E-state index contributed by atoms with van der Waals surface area (Å²) in [6.07, 6.45) is 7.93. The number of nitrogens with zero attached hydrogens (tertiary/aromatic N) is 5. The van der Waals surface area contributed by atoms with Gasteiger partial charge in [0.25, 0.3) is 5.96 Å². The molecule has 3 fully saturated rings. The van der Waals surface area contributed by atoms with E-state index in [0.717, 1.165) is 29.3 Å². The zero-order valence-electron chi connectivity index (χ0n) is 17.8. The number of aliphatic imine (C=N–C) groups is 2. The minimum Gasteiger partial charge on any atom is -0.325 e. The van der Waals surface area contributed by atoms with E-state index in [1.54, 1.807) is 12.4 Å². The average molecular weight is 420 g/mol. The molecule has 6 aliphatic rings. The first kappa shape index (κ1) is 18.9. The number of rotatable bonds is 3. The fourth-order valence-corrected chi connectivity index (χ4v) is 5.23. The second-order valence-electron chi connectivity index (χ2n) is 9.49. The van der Waals surface area contributed by atoms with Crippen LogP contribution >= 0.6 is 0 Å². The van der Waals surface area contributed by atoms with Crippen LogP contribution in [0.15, 0.2) is 45.7 Å². The Morgan fingerprint density at radius 1 is 1.26 bits per heavy atom. The van der Waals surface area contributed by atoms with Crippen LogP contribution in [0.2, 0.25) is 0 Å². The van der Waals surface area contributed by atoms with Gasteiger partial charge < -0.3 is 15.5 Å². The van der Waals surface area contributed by atoms with Gasteiger partial charge >= 0.3 is 5.84 Å². The number of hydrogen-bond donors (Lipinski definition) is 3. The van der Waals surface area contributed by atoms with Crippen molar-refractivity contribution in [1.82, 2.24) is 10.3 Å². The number of amides is 1. The summed E-state index contributed by atoms with van der Waals surface area (Å²) in [6, 6.07) is 6.26. The second kappa shape index (κ2) is 6.56. The van der Waals surface area contributed by atoms with Gasteiger partial charge in [0.1, 0.15) is 6.21 Å². The highest BCUT2D eigenvalue weighted by Crippen LogP contribution is 2.38. The summed E-state index contributed by atoms with van der Waals surface area (Å²) in [4.78, 5) is 23.7. The Labute approximate surface area is 181 Å². The first-order chi connectivity index (χ1) is 14.9. The van der Waals surface area contributed by atoms with Gasteiger partial charge in [0.2, 0.25) is 5.91 Å². The number of carbonyl (C=O) groups is 1. The van der Waals surface area contributed by atoms with Gasteiger partial charge in [-0.3, -0.25) is 9.79 Å². The summed E-state index contributed by atoms with van der Waals surface area (Å²) in [5.41, 5.74) is 5.89. The second-order valence-corrected chi connectivity index (χ2v) is 9.49. The molecule has 6 aliphatic heterocycles. The molecule has 0 spiro atoms. The first-order valence-electron chi connectivity index (χ1n) is 11.0. The fraction of sp³-hybridized carbons (Fsp3) is 0.455. The van der Waals surface area contributed by atoms with Crippen LogP contribution < -0.4 is 16.1 Å². The molecule has 2 bridgehead atoms. The molecule has 7 rings (SSSR count). The van der Waals surface area contributed by atoms with Crippen LogP contribution in [0.5, 0.6) is 0 Å². The molecule has 1 aromatic carbocycles. The van der Waals surface area contributed by atoms with Gasteiger partial charge in [-0.15, -0.1) is 10.4 Å². The molecule has 3 N–H and O–H groups in total. The SMILES string of the molecule is CC1(C)C(=O)Nc2cc(NC3=N[N+]4(NC5CN6CCC5CC6)C=CN=CC4=N3)ccc21. The standard InChI is InChI=1S/C22H26N8O/c1-22(2)16-4-3-15(11-17(16)25-20(22)31)24-21-26-19-12-23-7-10-30(19,28-21)27-18-13-29-8-5-14(18)6-9-29/h3-4,7,10-12,14,18,27H,5-6,8-9,13H2,1-2H3,(H-,24,25,28,31)/p+1. The van der Waals surface area contributed by atoms with Crippen LogP contribution in [0, 0.1) is 5.92 Å². The fourth-order valence-electron chi connectivity index (χ4n) is 5.23. The predicted molar refractivity (Wildman–Crippen MR) is 121 cm³/mol. The van der Waals surface area contributed by atoms with Crippen molar-refractivity contribution in [2.45, 2.75) is 38.1 Å². The molecule has 31 heavy (non-hydrogen) atoms. The van der Waals surface area contributed by atoms with Crippen molar-refractivity contribution in [1.29, 1.82) is 0 Å². The molecule has 0 radical (unpaired) electrons. The minimum absolute atomic E-state index is 0.0165. The van der Waals surface area contributed by atoms with E-state index in [9.17, 15) is 4.79 Å². The minimum atomic E-state index is -0.518. The van der Waals surface area contributed by atoms with Gasteiger partial charge in [-0.2, -0.15) is 0 Å². The quantitative estimate of drug-likeness (QED) is 0.653. The van der Waals surface area contributed by atoms with Crippen molar-refractivity contribution >= 4 is 35.3 Å². The van der Waals surface area contributed by atoms with E-state index in [1.165, 1.54) is 25.9 Å². The van der Waals surface area contributed by atoms with Crippen LogP contribution in [0.1, 0.15) is 32.3 Å². The summed E-state index contributed by atoms with van der Waals surface area (Å²) in [5, 5.41) is 11.2. The van der Waals surface area contributed by atoms with E-state index in [1.807, 2.05) is 38.2 Å². The first-order valence-corrected chi connectivity index (χ1v) is 11.0. The number of quaternary nitrogens is 1. The van der Waals surface area contributed by atoms with E-state index in [0.29, 0.717) is 17.9 Å². The van der Waals surface area contributed by atoms with Crippen LogP contribution in [0.3, 0.4) is 0 Å². The van der Waals surface area contributed by atoms with Gasteiger partial charge in [0, 0.05) is 17.9 Å². The van der Waals surface area contributed by atoms with Gasteiger partial charge in [-0.25, -0.2) is 0 Å². The predicted octanol–water partition coefficient (Wildman–Crippen LogP) is 1.98. The number of guanidine groups is 1. The van der Waals surface area contributed by atoms with Gasteiger partial charge in [-0.1, -0.05) is 6.07 Å². The number of piperidine rings is 3. The summed E-state index contributed by atoms with van der Waals surface area (Å²) >= 11 is 0. The van der Waals surface area contributed by atoms with E-state index in [-0.39, 0.29) is 10.6 Å². The number of benzene rings is 1. The Bertz CT molecular complexity index is 1080. The summed E-state index contributed by atoms with van der Waals surface area (Å²) in [7, 11) is 0. The smallest absolute Gasteiger partial charge is 0.301 e. The largest absolute Gasteiger partial charge is 0.325 e. The molecule has 0 saturated carbocycles. The van der Waals surface area contributed by atoms with E-state index in [4.69, 9.17) is 10.1 Å². The number of hydrogen-bond acceptors (Lipinski definition) is 7. The van der Waals surface area contributed by atoms with Crippen molar-refractivity contribution in [3.05, 3.63) is 36.2 Å². The van der Waals surface area contributed by atoms with Crippen LogP contribution in [0.4, 0.5) is 11.4 Å². The maximum absolute atomic E-state index is 12.3. The van der Waals surface area contributed by atoms with Crippen LogP contribution in [-0.4, -0.2) is 59.2 Å². The lowest BCUT2D eigenvalue weighted by molar-refractivity contribution is -0.843. The molecule has 160 valence electrons. The molecule has 2 atom stereocenters. The molecule has 3 saturated heterocycles. The third-order valence-electron chi connectivity index (χ3n) is 7.16. The van der Waals surface area contributed by atoms with Crippen molar-refractivity contribution in [2.75, 3.05) is 30.3 Å². The number of anilines is 2. The van der Waals surface area contributed by atoms with Crippen LogP contribution in [0.25, 0.3) is 0 Å². The van der Waals surface area contributed by atoms with Gasteiger partial charge in [0.15, 0.2) is 6.20 Å². The molecule has 1 aromatic rings. The molecular formula is C22H27N8O+. The summed E-state index contributed by atoms with van der Waals surface area (Å²) in [5.74, 6) is 1.95. The Hall–Kier alpha value is -2.88. The average Bonchev–Trinajstić information content (AvgIpc) is 3.22. The zero-order chi connectivity index (χ0) is 21.2. The Morgan fingerprint density at radius 2 is 2.10 bits per heavy atom. The Kier molecular flexibility index (Phi) is 3.99. The number of nitrogens with one attached hydrogen (secondary N) is 3. The molecule has 1 amide bonds. The zero-order valence-corrected chi connectivity index (χ0v) is 17.8. The third-order valence-corrected chi connectivity index (χ3v) is 7.16. The highest BCUT2D eigenvalue weighted by atomic mass is 16.2. The van der Waals surface area contributed by atoms with Crippen molar-refractivity contribution in [3.63, 3.8) is 0 Å². The molecule has 0 aliphatic carbocycles. The summed E-state index contributed by atoms with van der Waals surface area (Å²) < 4.78 is 0.134. The van der Waals surface area contributed by atoms with E-state index < -0.39 is 5.41 Å². The topological polar surface area (TPSA) is 93.5 Å². The lowest BCUT2D eigenvalue weighted by Crippen LogP contribution is -2.65. The van der Waals surface area contributed by atoms with Gasteiger partial charge in [0.05, 0.1) is 17.7 Å². The number of carbonyl (C=O) groups excluding carboxylic acids is 1. The van der Waals surface area contributed by atoms with E-state index >= 15 is 0 Å². The Morgan fingerprint density at radius 3 is 2.87 bits per heavy atom. The maximum atomic E-state index is 12.3. The lowest BCUT2D eigenvalue weighted by Gasteiger charge is -2.45. The highest BCUT2D eigenvalue weighted by molar-refractivity contribution is 6.30. The van der Waals surface area contributed by atoms with Crippen molar-refractivity contribution in [3.8, 4) is 0 Å². The van der Waals surface area contributed by atoms with E-state index in [2.05, 4.69) is 26.0 Å². The Balaban J connectivity index is 1.26. The normalized spacial score (nSPS) is 34.1. The highest BCUT2D eigenvalue weighted by Gasteiger charge is 2.46. The van der Waals surface area contributed by atoms with Crippen molar-refractivity contribution in [2.24, 2.45) is 21.0 Å². The molecule has 0 aromatic heterocycles. The molecule has 2 unspecified atom stereocenters. The molecule has 9 heteroatoms. The monoisotopic (exact) mass is 419 g/mol. The molecular weight excluding hydrogens is 392 g/mol. The molecule has 6 heterocycles. The van der Waals surface area contributed by atoms with Gasteiger partial charge in [-0.05, 0) is 73.2 Å². The number of fused-ring (bicyclic) bond motifs is 5.